The van der Waals surface area contributed by atoms with Crippen LogP contribution in [0.25, 0.3) is 0 Å². The number of nitrogens with zero attached hydrogens (tertiary/aromatic N) is 2. The third-order valence-corrected chi connectivity index (χ3v) is 2.80. The lowest BCUT2D eigenvalue weighted by Gasteiger charge is -2.34. The van der Waals surface area contributed by atoms with E-state index in [4.69, 9.17) is 10.8 Å². The second kappa shape index (κ2) is 5.81. The van der Waals surface area contributed by atoms with Gasteiger partial charge in [-0.1, -0.05) is 6.92 Å². The first-order chi connectivity index (χ1) is 7.54. The Labute approximate surface area is 95.0 Å². The number of carboxylic acids is 1. The molecule has 1 aliphatic heterocycles. The second-order valence-corrected chi connectivity index (χ2v) is 4.01. The van der Waals surface area contributed by atoms with Crippen molar-refractivity contribution in [2.75, 3.05) is 32.7 Å². The lowest BCUT2D eigenvalue weighted by Crippen LogP contribution is -2.53. The quantitative estimate of drug-likeness (QED) is 0.642. The molecule has 0 saturated carbocycles. The van der Waals surface area contributed by atoms with Crippen LogP contribution in [0.1, 0.15) is 13.3 Å². The number of hydrogen-bond donors (Lipinski definition) is 2. The Kier molecular flexibility index (Phi) is 4.70. The number of carboxylic acid groups (broad SMARTS) is 1. The second-order valence-electron chi connectivity index (χ2n) is 4.01. The van der Waals surface area contributed by atoms with E-state index in [0.717, 1.165) is 0 Å². The fourth-order valence-electron chi connectivity index (χ4n) is 1.73. The number of aliphatic carboxylic acids is 1. The highest BCUT2D eigenvalue weighted by molar-refractivity contribution is 5.81. The summed E-state index contributed by atoms with van der Waals surface area (Å²) in [5.74, 6) is -0.859. The van der Waals surface area contributed by atoms with Crippen molar-refractivity contribution in [1.29, 1.82) is 0 Å². The van der Waals surface area contributed by atoms with Crippen LogP contribution >= 0.6 is 0 Å². The topological polar surface area (TPSA) is 86.9 Å². The highest BCUT2D eigenvalue weighted by Crippen LogP contribution is 2.04. The Hall–Kier alpha value is -1.14. The summed E-state index contributed by atoms with van der Waals surface area (Å²) in [5, 5.41) is 8.62. The first-order valence-corrected chi connectivity index (χ1v) is 5.53. The van der Waals surface area contributed by atoms with E-state index in [1.54, 1.807) is 4.90 Å². The van der Waals surface area contributed by atoms with Gasteiger partial charge in [0.25, 0.3) is 0 Å². The summed E-state index contributed by atoms with van der Waals surface area (Å²) >= 11 is 0. The van der Waals surface area contributed by atoms with Crippen molar-refractivity contribution in [3.8, 4) is 0 Å². The van der Waals surface area contributed by atoms with E-state index < -0.39 is 12.0 Å². The van der Waals surface area contributed by atoms with Crippen molar-refractivity contribution in [1.82, 2.24) is 9.80 Å². The number of nitrogens with two attached hydrogens (primary N) is 1. The minimum absolute atomic E-state index is 0.0301. The summed E-state index contributed by atoms with van der Waals surface area (Å²) in [5.41, 5.74) is 5.66. The Morgan fingerprint density at radius 2 is 1.88 bits per heavy atom. The first kappa shape index (κ1) is 12.9. The molecule has 0 aromatic carbocycles. The normalized spacial score (nSPS) is 19.5. The monoisotopic (exact) mass is 229 g/mol. The molecular formula is C10H19N3O3. The minimum atomic E-state index is -0.829. The average Bonchev–Trinajstić information content (AvgIpc) is 2.27. The van der Waals surface area contributed by atoms with Crippen LogP contribution in [0.3, 0.4) is 0 Å². The van der Waals surface area contributed by atoms with Crippen molar-refractivity contribution in [2.45, 2.75) is 19.4 Å². The van der Waals surface area contributed by atoms with E-state index in [1.807, 2.05) is 11.8 Å². The zero-order valence-corrected chi connectivity index (χ0v) is 9.56. The predicted molar refractivity (Wildman–Crippen MR) is 58.9 cm³/mol. The van der Waals surface area contributed by atoms with Crippen LogP contribution in [-0.4, -0.2) is 65.5 Å². The van der Waals surface area contributed by atoms with Crippen LogP contribution in [-0.2, 0) is 9.59 Å². The number of piperazine rings is 1. The van der Waals surface area contributed by atoms with Crippen molar-refractivity contribution in [3.05, 3.63) is 0 Å². The van der Waals surface area contributed by atoms with E-state index >= 15 is 0 Å². The van der Waals surface area contributed by atoms with E-state index in [2.05, 4.69) is 0 Å². The highest BCUT2D eigenvalue weighted by Gasteiger charge is 2.24. The summed E-state index contributed by atoms with van der Waals surface area (Å²) in [6.07, 6.45) is 0.633. The van der Waals surface area contributed by atoms with Gasteiger partial charge in [0.15, 0.2) is 0 Å². The summed E-state index contributed by atoms with van der Waals surface area (Å²) in [7, 11) is 0. The van der Waals surface area contributed by atoms with Crippen LogP contribution in [0.2, 0.25) is 0 Å². The molecular weight excluding hydrogens is 210 g/mol. The van der Waals surface area contributed by atoms with Gasteiger partial charge in [-0.2, -0.15) is 0 Å². The lowest BCUT2D eigenvalue weighted by molar-refractivity contribution is -0.139. The van der Waals surface area contributed by atoms with Gasteiger partial charge in [0.1, 0.15) is 0 Å². The molecule has 6 nitrogen and oxygen atoms in total. The SMILES string of the molecule is CC[C@H](N)C(=O)N1CCN(CC(=O)O)CC1. The number of carbonyl (C=O) groups excluding carboxylic acids is 1. The maximum atomic E-state index is 11.7. The third kappa shape index (κ3) is 3.46. The summed E-state index contributed by atoms with van der Waals surface area (Å²) in [6, 6.07) is -0.425. The molecule has 1 heterocycles. The molecule has 0 aromatic heterocycles. The van der Waals surface area contributed by atoms with Gasteiger partial charge < -0.3 is 15.7 Å². The molecule has 1 saturated heterocycles. The van der Waals surface area contributed by atoms with Gasteiger partial charge in [0.2, 0.25) is 5.91 Å². The Bertz CT molecular complexity index is 262. The zero-order chi connectivity index (χ0) is 12.1. The molecule has 0 unspecified atom stereocenters. The summed E-state index contributed by atoms with van der Waals surface area (Å²) in [6.45, 7) is 4.27. The molecule has 3 N–H and O–H groups in total. The van der Waals surface area contributed by atoms with Gasteiger partial charge in [0.05, 0.1) is 12.6 Å². The average molecular weight is 229 g/mol. The molecule has 92 valence electrons. The van der Waals surface area contributed by atoms with Gasteiger partial charge in [-0.25, -0.2) is 0 Å². The van der Waals surface area contributed by atoms with Crippen LogP contribution < -0.4 is 5.73 Å². The molecule has 0 aromatic rings. The Balaban J connectivity index is 2.37. The third-order valence-electron chi connectivity index (χ3n) is 2.80. The van der Waals surface area contributed by atoms with Crippen LogP contribution in [0, 0.1) is 0 Å². The maximum Gasteiger partial charge on any atom is 0.317 e. The van der Waals surface area contributed by atoms with Gasteiger partial charge in [-0.05, 0) is 6.42 Å². The molecule has 1 amide bonds. The molecule has 6 heteroatoms. The molecule has 1 aliphatic rings. The number of carbonyl (C=O) groups is 2. The standard InChI is InChI=1S/C10H19N3O3/c1-2-8(11)10(16)13-5-3-12(4-6-13)7-9(14)15/h8H,2-7,11H2,1H3,(H,14,15)/t8-/m0/s1. The molecule has 0 bridgehead atoms. The molecule has 0 spiro atoms. The highest BCUT2D eigenvalue weighted by atomic mass is 16.4. The van der Waals surface area contributed by atoms with E-state index in [-0.39, 0.29) is 12.5 Å². The predicted octanol–water partition coefficient (Wildman–Crippen LogP) is -1.05. The zero-order valence-electron chi connectivity index (χ0n) is 9.56. The van der Waals surface area contributed by atoms with Crippen molar-refractivity contribution in [2.24, 2.45) is 5.73 Å². The Morgan fingerprint density at radius 3 is 2.31 bits per heavy atom. The number of rotatable bonds is 4. The largest absolute Gasteiger partial charge is 0.480 e. The van der Waals surface area contributed by atoms with E-state index in [0.29, 0.717) is 32.6 Å². The molecule has 0 aliphatic carbocycles. The molecule has 16 heavy (non-hydrogen) atoms. The van der Waals surface area contributed by atoms with Gasteiger partial charge in [-0.3, -0.25) is 14.5 Å². The van der Waals surface area contributed by atoms with Gasteiger partial charge in [0, 0.05) is 26.2 Å². The first-order valence-electron chi connectivity index (χ1n) is 5.53. The molecule has 1 fully saturated rings. The van der Waals surface area contributed by atoms with Crippen LogP contribution in [0.4, 0.5) is 0 Å². The van der Waals surface area contributed by atoms with Gasteiger partial charge in [-0.15, -0.1) is 0 Å². The minimum Gasteiger partial charge on any atom is -0.480 e. The fraction of sp³-hybridized carbons (Fsp3) is 0.800. The van der Waals surface area contributed by atoms with Crippen molar-refractivity contribution < 1.29 is 14.7 Å². The van der Waals surface area contributed by atoms with Crippen LogP contribution in [0.5, 0.6) is 0 Å². The summed E-state index contributed by atoms with van der Waals surface area (Å²) in [4.78, 5) is 25.8. The lowest BCUT2D eigenvalue weighted by atomic mass is 10.2. The smallest absolute Gasteiger partial charge is 0.317 e. The van der Waals surface area contributed by atoms with Gasteiger partial charge >= 0.3 is 5.97 Å². The maximum absolute atomic E-state index is 11.7. The molecule has 1 atom stereocenters. The number of amides is 1. The van der Waals surface area contributed by atoms with E-state index in [1.165, 1.54) is 0 Å². The fourth-order valence-corrected chi connectivity index (χ4v) is 1.73. The Morgan fingerprint density at radius 1 is 1.31 bits per heavy atom. The number of hydrogen-bond acceptors (Lipinski definition) is 4. The van der Waals surface area contributed by atoms with E-state index in [9.17, 15) is 9.59 Å². The molecule has 0 radical (unpaired) electrons. The van der Waals surface area contributed by atoms with Crippen LogP contribution in [0.15, 0.2) is 0 Å². The summed E-state index contributed by atoms with van der Waals surface area (Å²) < 4.78 is 0. The van der Waals surface area contributed by atoms with Crippen molar-refractivity contribution in [3.63, 3.8) is 0 Å². The molecule has 1 rings (SSSR count). The van der Waals surface area contributed by atoms with Crippen molar-refractivity contribution >= 4 is 11.9 Å².